The molecular weight excluding hydrogens is 334 g/mol. The van der Waals surface area contributed by atoms with E-state index in [0.717, 1.165) is 26.6 Å². The number of hydrogen-bond donors (Lipinski definition) is 0. The number of hydrogen-bond acceptors (Lipinski definition) is 5. The fourth-order valence-corrected chi connectivity index (χ4v) is 3.85. The summed E-state index contributed by atoms with van der Waals surface area (Å²) in [7, 11) is 0. The van der Waals surface area contributed by atoms with E-state index >= 15 is 0 Å². The zero-order valence-corrected chi connectivity index (χ0v) is 14.6. The van der Waals surface area contributed by atoms with Gasteiger partial charge in [0.05, 0.1) is 27.2 Å². The SMILES string of the molecule is C/C(=N\OC(=O)c1ccccc1)c1sc2nc3ccccc3n2c1C. The molecule has 4 rings (SSSR count). The average Bonchev–Trinajstić information content (AvgIpc) is 3.17. The minimum atomic E-state index is -0.468. The summed E-state index contributed by atoms with van der Waals surface area (Å²) < 4.78 is 2.10. The third-order valence-corrected chi connectivity index (χ3v) is 5.24. The van der Waals surface area contributed by atoms with Gasteiger partial charge in [-0.1, -0.05) is 46.8 Å². The largest absolute Gasteiger partial charge is 0.365 e. The molecule has 0 radical (unpaired) electrons. The molecule has 2 aromatic heterocycles. The maximum absolute atomic E-state index is 12.0. The second-order valence-electron chi connectivity index (χ2n) is 5.66. The van der Waals surface area contributed by atoms with Crippen LogP contribution in [0.5, 0.6) is 0 Å². The van der Waals surface area contributed by atoms with Crippen LogP contribution in [0, 0.1) is 6.92 Å². The molecule has 0 saturated carbocycles. The topological polar surface area (TPSA) is 56.0 Å². The highest BCUT2D eigenvalue weighted by Crippen LogP contribution is 2.28. The van der Waals surface area contributed by atoms with Gasteiger partial charge in [-0.2, -0.15) is 0 Å². The summed E-state index contributed by atoms with van der Waals surface area (Å²) in [6.45, 7) is 3.85. The second kappa shape index (κ2) is 6.14. The number of benzene rings is 2. The first-order valence-corrected chi connectivity index (χ1v) is 8.65. The van der Waals surface area contributed by atoms with Crippen LogP contribution in [-0.2, 0) is 4.84 Å². The van der Waals surface area contributed by atoms with Crippen molar-refractivity contribution in [3.63, 3.8) is 0 Å². The smallest absolute Gasteiger partial charge is 0.313 e. The molecule has 0 fully saturated rings. The van der Waals surface area contributed by atoms with Crippen LogP contribution in [0.2, 0.25) is 0 Å². The Kier molecular flexibility index (Phi) is 3.82. The number of oxime groups is 1. The fourth-order valence-electron chi connectivity index (χ4n) is 2.78. The molecule has 0 aliphatic heterocycles. The van der Waals surface area contributed by atoms with Crippen LogP contribution in [0.15, 0.2) is 59.8 Å². The lowest BCUT2D eigenvalue weighted by Crippen LogP contribution is -2.04. The van der Waals surface area contributed by atoms with E-state index in [1.807, 2.05) is 44.2 Å². The number of carbonyl (C=O) groups is 1. The molecule has 0 saturated heterocycles. The predicted octanol–water partition coefficient (Wildman–Crippen LogP) is 4.44. The quantitative estimate of drug-likeness (QED) is 0.312. The molecule has 5 nitrogen and oxygen atoms in total. The summed E-state index contributed by atoms with van der Waals surface area (Å²) in [4.78, 5) is 23.6. The summed E-state index contributed by atoms with van der Waals surface area (Å²) in [5, 5.41) is 4.02. The number of aromatic nitrogens is 2. The van der Waals surface area contributed by atoms with Gasteiger partial charge in [0.1, 0.15) is 0 Å². The van der Waals surface area contributed by atoms with Crippen LogP contribution in [0.4, 0.5) is 0 Å². The van der Waals surface area contributed by atoms with Gasteiger partial charge >= 0.3 is 5.97 Å². The van der Waals surface area contributed by atoms with Gasteiger partial charge in [0.15, 0.2) is 4.96 Å². The molecule has 0 spiro atoms. The van der Waals surface area contributed by atoms with Gasteiger partial charge in [-0.25, -0.2) is 9.78 Å². The Morgan fingerprint density at radius 1 is 1.12 bits per heavy atom. The van der Waals surface area contributed by atoms with Crippen molar-refractivity contribution in [3.05, 3.63) is 70.7 Å². The van der Waals surface area contributed by atoms with E-state index in [9.17, 15) is 4.79 Å². The number of fused-ring (bicyclic) bond motifs is 3. The second-order valence-corrected chi connectivity index (χ2v) is 6.63. The van der Waals surface area contributed by atoms with Gasteiger partial charge in [0.2, 0.25) is 0 Å². The minimum absolute atomic E-state index is 0.468. The Hall–Kier alpha value is -2.99. The zero-order valence-electron chi connectivity index (χ0n) is 13.8. The Bertz CT molecular complexity index is 1110. The van der Waals surface area contributed by atoms with E-state index in [4.69, 9.17) is 4.84 Å². The van der Waals surface area contributed by atoms with Crippen molar-refractivity contribution in [1.29, 1.82) is 0 Å². The normalized spacial score (nSPS) is 12.0. The minimum Gasteiger partial charge on any atom is -0.313 e. The van der Waals surface area contributed by atoms with Crippen LogP contribution in [-0.4, -0.2) is 21.1 Å². The molecule has 0 amide bonds. The number of para-hydroxylation sites is 2. The van der Waals surface area contributed by atoms with Crippen molar-refractivity contribution in [2.75, 3.05) is 0 Å². The predicted molar refractivity (Wildman–Crippen MR) is 99.4 cm³/mol. The molecule has 124 valence electrons. The molecular formula is C19H15N3O2S. The Morgan fingerprint density at radius 2 is 1.84 bits per heavy atom. The van der Waals surface area contributed by atoms with Crippen LogP contribution in [0.25, 0.3) is 16.0 Å². The van der Waals surface area contributed by atoms with Crippen molar-refractivity contribution in [1.82, 2.24) is 9.38 Å². The number of nitrogens with zero attached hydrogens (tertiary/aromatic N) is 3. The van der Waals surface area contributed by atoms with Gasteiger partial charge in [-0.3, -0.25) is 4.40 Å². The molecule has 0 atom stereocenters. The summed E-state index contributed by atoms with van der Waals surface area (Å²) in [6, 6.07) is 16.8. The molecule has 0 aliphatic rings. The van der Waals surface area contributed by atoms with Crippen molar-refractivity contribution in [3.8, 4) is 0 Å². The highest BCUT2D eigenvalue weighted by molar-refractivity contribution is 7.19. The standard InChI is InChI=1S/C19H15N3O2S/c1-12(21-24-18(23)14-8-4-3-5-9-14)17-13(2)22-16-11-7-6-10-15(16)20-19(22)25-17/h3-11H,1-2H3/b21-12+. The molecule has 2 heterocycles. The monoisotopic (exact) mass is 349 g/mol. The van der Waals surface area contributed by atoms with Crippen molar-refractivity contribution in [2.24, 2.45) is 5.16 Å². The molecule has 0 bridgehead atoms. The molecule has 0 aliphatic carbocycles. The molecule has 25 heavy (non-hydrogen) atoms. The molecule has 2 aromatic carbocycles. The molecule has 6 heteroatoms. The van der Waals surface area contributed by atoms with Crippen LogP contribution in [0.3, 0.4) is 0 Å². The van der Waals surface area contributed by atoms with E-state index in [-0.39, 0.29) is 0 Å². The maximum Gasteiger partial charge on any atom is 0.365 e. The van der Waals surface area contributed by atoms with E-state index in [1.165, 1.54) is 11.3 Å². The van der Waals surface area contributed by atoms with Crippen LogP contribution >= 0.6 is 11.3 Å². The Labute approximate surface area is 148 Å². The van der Waals surface area contributed by atoms with E-state index in [0.29, 0.717) is 11.3 Å². The van der Waals surface area contributed by atoms with Gasteiger partial charge in [0.25, 0.3) is 0 Å². The number of aryl methyl sites for hydroxylation is 1. The highest BCUT2D eigenvalue weighted by atomic mass is 32.1. The zero-order chi connectivity index (χ0) is 17.4. The summed E-state index contributed by atoms with van der Waals surface area (Å²) in [6.07, 6.45) is 0. The van der Waals surface area contributed by atoms with Gasteiger partial charge in [0, 0.05) is 5.69 Å². The Balaban J connectivity index is 1.67. The maximum atomic E-state index is 12.0. The molecule has 0 N–H and O–H groups in total. The number of carbonyl (C=O) groups excluding carboxylic acids is 1. The van der Waals surface area contributed by atoms with E-state index in [2.05, 4.69) is 14.5 Å². The Morgan fingerprint density at radius 3 is 2.64 bits per heavy atom. The van der Waals surface area contributed by atoms with Crippen molar-refractivity contribution in [2.45, 2.75) is 13.8 Å². The average molecular weight is 349 g/mol. The number of thiazole rings is 1. The van der Waals surface area contributed by atoms with Crippen LogP contribution < -0.4 is 0 Å². The fraction of sp³-hybridized carbons (Fsp3) is 0.105. The molecule has 4 aromatic rings. The third kappa shape index (κ3) is 2.70. The van der Waals surface area contributed by atoms with Gasteiger partial charge < -0.3 is 4.84 Å². The summed E-state index contributed by atoms with van der Waals surface area (Å²) in [5.74, 6) is -0.468. The lowest BCUT2D eigenvalue weighted by Gasteiger charge is -2.01. The first-order valence-electron chi connectivity index (χ1n) is 7.83. The number of imidazole rings is 1. The number of rotatable bonds is 3. The van der Waals surface area contributed by atoms with E-state index < -0.39 is 5.97 Å². The third-order valence-electron chi connectivity index (χ3n) is 3.99. The highest BCUT2D eigenvalue weighted by Gasteiger charge is 2.16. The first-order chi connectivity index (χ1) is 12.1. The summed E-state index contributed by atoms with van der Waals surface area (Å²) in [5.41, 5.74) is 4.19. The van der Waals surface area contributed by atoms with Crippen LogP contribution in [0.1, 0.15) is 27.9 Å². The van der Waals surface area contributed by atoms with E-state index in [1.54, 1.807) is 24.3 Å². The lowest BCUT2D eigenvalue weighted by atomic mass is 10.2. The summed E-state index contributed by atoms with van der Waals surface area (Å²) >= 11 is 1.53. The first kappa shape index (κ1) is 15.5. The molecule has 0 unspecified atom stereocenters. The van der Waals surface area contributed by atoms with Crippen molar-refractivity contribution < 1.29 is 9.63 Å². The van der Waals surface area contributed by atoms with Gasteiger partial charge in [-0.15, -0.1) is 0 Å². The van der Waals surface area contributed by atoms with Gasteiger partial charge in [-0.05, 0) is 38.1 Å². The van der Waals surface area contributed by atoms with Crippen molar-refractivity contribution >= 4 is 39.0 Å². The lowest BCUT2D eigenvalue weighted by molar-refractivity contribution is 0.0516.